The minimum absolute atomic E-state index is 0.378. The van der Waals surface area contributed by atoms with Gasteiger partial charge in [-0.15, -0.1) is 0 Å². The molecule has 0 spiro atoms. The third-order valence-corrected chi connectivity index (χ3v) is 9.03. The smallest absolute Gasteiger partial charge is 0.238 e. The molecule has 3 aromatic rings. The zero-order chi connectivity index (χ0) is 26.3. The number of anilines is 2. The summed E-state index contributed by atoms with van der Waals surface area (Å²) in [5, 5.41) is 0.799. The third kappa shape index (κ3) is 2.90. The van der Waals surface area contributed by atoms with Crippen LogP contribution in [0.15, 0.2) is 91.0 Å². The average molecular weight is 543 g/mol. The van der Waals surface area contributed by atoms with Crippen LogP contribution in [0.5, 0.6) is 0 Å². The fraction of sp³-hybridized carbons (Fsp3) is 0.200. The molecule has 4 atom stereocenters. The molecule has 8 heteroatoms. The van der Waals surface area contributed by atoms with E-state index in [1.165, 1.54) is 9.80 Å². The Bertz CT molecular complexity index is 1500. The lowest BCUT2D eigenvalue weighted by atomic mass is 9.45. The number of carbonyl (C=O) groups is 4. The van der Waals surface area contributed by atoms with E-state index >= 15 is 0 Å². The number of amides is 4. The van der Waals surface area contributed by atoms with E-state index in [1.54, 1.807) is 48.5 Å². The van der Waals surface area contributed by atoms with Crippen LogP contribution in [-0.4, -0.2) is 23.6 Å². The molecule has 6 nitrogen and oxygen atoms in total. The number of rotatable bonds is 3. The second-order valence-electron chi connectivity index (χ2n) is 10.2. The lowest BCUT2D eigenvalue weighted by Crippen LogP contribution is -2.60. The molecule has 4 amide bonds. The van der Waals surface area contributed by atoms with Gasteiger partial charge >= 0.3 is 0 Å². The molecule has 38 heavy (non-hydrogen) atoms. The molecule has 0 unspecified atom stereocenters. The van der Waals surface area contributed by atoms with E-state index in [9.17, 15) is 19.2 Å². The van der Waals surface area contributed by atoms with E-state index in [-0.39, 0.29) is 23.6 Å². The van der Waals surface area contributed by atoms with Crippen molar-refractivity contribution in [3.8, 4) is 0 Å². The van der Waals surface area contributed by atoms with Gasteiger partial charge in [0, 0.05) is 21.4 Å². The van der Waals surface area contributed by atoms with Crippen LogP contribution in [-0.2, 0) is 24.6 Å². The van der Waals surface area contributed by atoms with Gasteiger partial charge in [0.05, 0.1) is 35.0 Å². The Morgan fingerprint density at radius 3 is 1.58 bits per heavy atom. The maximum Gasteiger partial charge on any atom is 0.238 e. The highest BCUT2D eigenvalue weighted by atomic mass is 35.5. The standard InChI is InChI=1S/C30H20Cl2N2O4/c31-17-8-4-10-19(14-17)33-26(35)22-21-12-13-30(24(22)28(33)37,16-6-2-1-3-7-16)25-23(21)27(36)34(29(25)38)20-11-5-9-18(32)15-20/h1-15,21-25H/t21?,22-,23-,24-,25-,30?/m1/s1. The van der Waals surface area contributed by atoms with E-state index in [0.29, 0.717) is 21.4 Å². The van der Waals surface area contributed by atoms with Gasteiger partial charge in [0.1, 0.15) is 0 Å². The Morgan fingerprint density at radius 1 is 0.605 bits per heavy atom. The SMILES string of the molecule is O=C1[C@@H]2C3C=CC(c4ccccc4)([C@H]2C(=O)N1c1cccc(Cl)c1)[C@H]1C(=O)N(c2cccc(Cl)c2)C(=O)[C@H]31. The number of nitrogens with zero attached hydrogens (tertiary/aromatic N) is 2. The highest BCUT2D eigenvalue weighted by Gasteiger charge is 2.75. The maximum absolute atomic E-state index is 14.2. The first-order valence-corrected chi connectivity index (χ1v) is 13.1. The molecular weight excluding hydrogens is 523 g/mol. The van der Waals surface area contributed by atoms with E-state index in [1.807, 2.05) is 42.5 Å². The van der Waals surface area contributed by atoms with E-state index in [2.05, 4.69) is 0 Å². The van der Waals surface area contributed by atoms with Gasteiger partial charge < -0.3 is 0 Å². The lowest BCUT2D eigenvalue weighted by molar-refractivity contribution is -0.140. The van der Waals surface area contributed by atoms with Gasteiger partial charge in [0.2, 0.25) is 23.6 Å². The van der Waals surface area contributed by atoms with Gasteiger partial charge in [-0.25, -0.2) is 9.80 Å². The molecule has 0 N–H and O–H groups in total. The van der Waals surface area contributed by atoms with Crippen LogP contribution in [0.1, 0.15) is 5.56 Å². The number of halogens is 2. The van der Waals surface area contributed by atoms with Crippen LogP contribution >= 0.6 is 23.2 Å². The van der Waals surface area contributed by atoms with Crippen LogP contribution in [0.25, 0.3) is 0 Å². The largest absolute Gasteiger partial charge is 0.274 e. The first-order valence-electron chi connectivity index (χ1n) is 12.4. The zero-order valence-corrected chi connectivity index (χ0v) is 21.3. The summed E-state index contributed by atoms with van der Waals surface area (Å²) in [7, 11) is 0. The van der Waals surface area contributed by atoms with Crippen LogP contribution in [0.4, 0.5) is 11.4 Å². The summed E-state index contributed by atoms with van der Waals surface area (Å²) in [5.74, 6) is -5.40. The molecule has 5 aliphatic rings. The second kappa shape index (κ2) is 8.13. The summed E-state index contributed by atoms with van der Waals surface area (Å²) < 4.78 is 0. The first-order chi connectivity index (χ1) is 18.3. The van der Waals surface area contributed by atoms with Crippen molar-refractivity contribution in [2.45, 2.75) is 5.41 Å². The van der Waals surface area contributed by atoms with Crippen molar-refractivity contribution in [1.29, 1.82) is 0 Å². The molecule has 2 bridgehead atoms. The topological polar surface area (TPSA) is 74.8 Å². The monoisotopic (exact) mass is 542 g/mol. The minimum Gasteiger partial charge on any atom is -0.274 e. The molecule has 3 aromatic carbocycles. The van der Waals surface area contributed by atoms with E-state index in [4.69, 9.17) is 23.2 Å². The fourth-order valence-corrected chi connectivity index (χ4v) is 7.59. The molecule has 3 aliphatic carbocycles. The van der Waals surface area contributed by atoms with Gasteiger partial charge in [-0.05, 0) is 42.0 Å². The van der Waals surface area contributed by atoms with Crippen molar-refractivity contribution < 1.29 is 19.2 Å². The molecule has 3 fully saturated rings. The summed E-state index contributed by atoms with van der Waals surface area (Å²) in [6.45, 7) is 0. The van der Waals surface area contributed by atoms with Crippen molar-refractivity contribution in [1.82, 2.24) is 0 Å². The fourth-order valence-electron chi connectivity index (χ4n) is 7.22. The molecule has 1 saturated carbocycles. The van der Waals surface area contributed by atoms with Crippen LogP contribution < -0.4 is 9.80 Å². The Balaban J connectivity index is 1.43. The number of carbonyl (C=O) groups excluding carboxylic acids is 4. The molecule has 2 aliphatic heterocycles. The van der Waals surface area contributed by atoms with Crippen LogP contribution in [0, 0.1) is 29.6 Å². The van der Waals surface area contributed by atoms with E-state index < -0.39 is 35.0 Å². The second-order valence-corrected chi connectivity index (χ2v) is 11.1. The molecule has 0 aromatic heterocycles. The lowest BCUT2D eigenvalue weighted by Gasteiger charge is -2.53. The summed E-state index contributed by atoms with van der Waals surface area (Å²) in [6, 6.07) is 22.5. The van der Waals surface area contributed by atoms with Crippen molar-refractivity contribution in [3.05, 3.63) is 107 Å². The molecular formula is C30H20Cl2N2O4. The zero-order valence-electron chi connectivity index (χ0n) is 19.8. The quantitative estimate of drug-likeness (QED) is 0.343. The summed E-state index contributed by atoms with van der Waals surface area (Å²) in [5.41, 5.74) is 0.314. The molecule has 2 saturated heterocycles. The number of hydrogen-bond acceptors (Lipinski definition) is 4. The van der Waals surface area contributed by atoms with Gasteiger partial charge in [0.15, 0.2) is 0 Å². The van der Waals surface area contributed by atoms with Crippen LogP contribution in [0.2, 0.25) is 10.0 Å². The first kappa shape index (κ1) is 23.4. The Kier molecular flexibility index (Phi) is 5.00. The van der Waals surface area contributed by atoms with Crippen molar-refractivity contribution in [3.63, 3.8) is 0 Å². The summed E-state index contributed by atoms with van der Waals surface area (Å²) in [6.07, 6.45) is 3.77. The predicted octanol–water partition coefficient (Wildman–Crippen LogP) is 5.04. The number of allylic oxidation sites excluding steroid dienone is 2. The summed E-state index contributed by atoms with van der Waals surface area (Å²) in [4.78, 5) is 58.8. The molecule has 2 heterocycles. The summed E-state index contributed by atoms with van der Waals surface area (Å²) >= 11 is 12.4. The van der Waals surface area contributed by atoms with Crippen LogP contribution in [0.3, 0.4) is 0 Å². The highest BCUT2D eigenvalue weighted by Crippen LogP contribution is 2.65. The molecule has 188 valence electrons. The van der Waals surface area contributed by atoms with Crippen molar-refractivity contribution >= 4 is 58.2 Å². The highest BCUT2D eigenvalue weighted by molar-refractivity contribution is 6.32. The van der Waals surface area contributed by atoms with Gasteiger partial charge in [-0.3, -0.25) is 19.2 Å². The number of imide groups is 2. The van der Waals surface area contributed by atoms with Gasteiger partial charge in [0.25, 0.3) is 0 Å². The third-order valence-electron chi connectivity index (χ3n) is 8.56. The van der Waals surface area contributed by atoms with Crippen molar-refractivity contribution in [2.75, 3.05) is 9.80 Å². The molecule has 0 radical (unpaired) electrons. The number of hydrogen-bond donors (Lipinski definition) is 0. The Labute approximate surface area is 228 Å². The van der Waals surface area contributed by atoms with E-state index in [0.717, 1.165) is 5.56 Å². The average Bonchev–Trinajstić information content (AvgIpc) is 3.36. The maximum atomic E-state index is 14.2. The van der Waals surface area contributed by atoms with Crippen molar-refractivity contribution in [2.24, 2.45) is 29.6 Å². The minimum atomic E-state index is -1.18. The Morgan fingerprint density at radius 2 is 1.11 bits per heavy atom. The molecule has 8 rings (SSSR count). The number of benzene rings is 3. The Hall–Kier alpha value is -3.74. The van der Waals surface area contributed by atoms with Gasteiger partial charge in [-0.1, -0.05) is 77.8 Å². The predicted molar refractivity (Wildman–Crippen MR) is 143 cm³/mol. The normalized spacial score (nSPS) is 31.3. The van der Waals surface area contributed by atoms with Gasteiger partial charge in [-0.2, -0.15) is 0 Å².